The molecule has 2 N–H and O–H groups in total. The summed E-state index contributed by atoms with van der Waals surface area (Å²) in [6, 6.07) is 0. The summed E-state index contributed by atoms with van der Waals surface area (Å²) in [6.07, 6.45) is -1.96. The minimum absolute atomic E-state index is 0.0804. The van der Waals surface area contributed by atoms with Crippen molar-refractivity contribution in [3.63, 3.8) is 0 Å². The SMILES string of the molecule is C=C1C2CC(OC(C)=O)C3C4(C)C(OC(C)=O)CC(O)C(C)(C)C4CC(OC(C)=O)C3(C2)C1O. The van der Waals surface area contributed by atoms with Gasteiger partial charge in [-0.15, -0.1) is 0 Å². The third-order valence-electron chi connectivity index (χ3n) is 9.74. The highest BCUT2D eigenvalue weighted by molar-refractivity contribution is 5.67. The lowest BCUT2D eigenvalue weighted by Crippen LogP contribution is -2.73. The highest BCUT2D eigenvalue weighted by Gasteiger charge is 2.76. The zero-order valence-corrected chi connectivity index (χ0v) is 21.0. The summed E-state index contributed by atoms with van der Waals surface area (Å²) in [5.41, 5.74) is -1.64. The molecule has 4 aliphatic rings. The molecule has 0 aliphatic heterocycles. The van der Waals surface area contributed by atoms with E-state index in [0.29, 0.717) is 24.8 Å². The molecule has 0 heterocycles. The first-order valence-corrected chi connectivity index (χ1v) is 12.2. The molecular weight excluding hydrogens is 440 g/mol. The predicted molar refractivity (Wildman–Crippen MR) is 121 cm³/mol. The van der Waals surface area contributed by atoms with Gasteiger partial charge in [0.15, 0.2) is 0 Å². The van der Waals surface area contributed by atoms with E-state index < -0.39 is 70.6 Å². The number of aliphatic hydroxyl groups is 2. The molecule has 4 saturated carbocycles. The monoisotopic (exact) mass is 478 g/mol. The van der Waals surface area contributed by atoms with Gasteiger partial charge in [0, 0.05) is 43.9 Å². The lowest BCUT2D eigenvalue weighted by molar-refractivity contribution is -0.293. The molecule has 0 saturated heterocycles. The Kier molecular flexibility index (Phi) is 5.96. The first-order chi connectivity index (χ1) is 15.7. The Morgan fingerprint density at radius 1 is 0.882 bits per heavy atom. The number of esters is 3. The Bertz CT molecular complexity index is 910. The zero-order valence-electron chi connectivity index (χ0n) is 21.0. The van der Waals surface area contributed by atoms with E-state index in [1.165, 1.54) is 20.8 Å². The molecule has 4 fully saturated rings. The van der Waals surface area contributed by atoms with Crippen LogP contribution in [0.2, 0.25) is 0 Å². The smallest absolute Gasteiger partial charge is 0.302 e. The molecule has 0 aromatic heterocycles. The fourth-order valence-corrected chi connectivity index (χ4v) is 8.51. The van der Waals surface area contributed by atoms with E-state index in [4.69, 9.17) is 14.2 Å². The molecule has 0 aromatic rings. The molecule has 8 nitrogen and oxygen atoms in total. The maximum Gasteiger partial charge on any atom is 0.302 e. The third-order valence-corrected chi connectivity index (χ3v) is 9.74. The van der Waals surface area contributed by atoms with Gasteiger partial charge in [-0.25, -0.2) is 0 Å². The largest absolute Gasteiger partial charge is 0.462 e. The van der Waals surface area contributed by atoms with E-state index >= 15 is 0 Å². The molecule has 2 bridgehead atoms. The minimum Gasteiger partial charge on any atom is -0.462 e. The van der Waals surface area contributed by atoms with Gasteiger partial charge in [-0.05, 0) is 42.1 Å². The van der Waals surface area contributed by atoms with Crippen LogP contribution in [0.15, 0.2) is 12.2 Å². The Balaban J connectivity index is 1.97. The van der Waals surface area contributed by atoms with Crippen LogP contribution < -0.4 is 0 Å². The van der Waals surface area contributed by atoms with Crippen molar-refractivity contribution in [3.05, 3.63) is 12.2 Å². The Hall–Kier alpha value is -1.93. The van der Waals surface area contributed by atoms with Gasteiger partial charge in [-0.1, -0.05) is 27.4 Å². The standard InChI is InChI=1S/C26H38O8/c1-12-16-8-17(32-13(2)27)22-25(7)18(24(5,6)19(30)10-20(25)33-14(3)28)9-21(34-15(4)29)26(22,11-16)23(12)31/h16-23,30-31H,1,8-11H2,2-7H3. The fourth-order valence-electron chi connectivity index (χ4n) is 8.51. The highest BCUT2D eigenvalue weighted by atomic mass is 16.6. The molecule has 10 atom stereocenters. The molecule has 0 aromatic carbocycles. The Labute approximate surface area is 201 Å². The Morgan fingerprint density at radius 3 is 2.00 bits per heavy atom. The molecule has 34 heavy (non-hydrogen) atoms. The summed E-state index contributed by atoms with van der Waals surface area (Å²) in [6.45, 7) is 14.2. The molecule has 10 unspecified atom stereocenters. The van der Waals surface area contributed by atoms with Crippen molar-refractivity contribution in [2.24, 2.45) is 34.0 Å². The van der Waals surface area contributed by atoms with Crippen molar-refractivity contribution < 1.29 is 38.8 Å². The normalized spacial score (nSPS) is 46.6. The Morgan fingerprint density at radius 2 is 1.44 bits per heavy atom. The van der Waals surface area contributed by atoms with E-state index in [2.05, 4.69) is 6.58 Å². The second-order valence-electron chi connectivity index (χ2n) is 11.8. The van der Waals surface area contributed by atoms with Gasteiger partial charge in [0.05, 0.1) is 12.2 Å². The van der Waals surface area contributed by atoms with Gasteiger partial charge in [0.1, 0.15) is 18.3 Å². The molecule has 0 radical (unpaired) electrons. The van der Waals surface area contributed by atoms with Crippen LogP contribution in [0, 0.1) is 34.0 Å². The van der Waals surface area contributed by atoms with Crippen LogP contribution in [0.3, 0.4) is 0 Å². The summed E-state index contributed by atoms with van der Waals surface area (Å²) >= 11 is 0. The van der Waals surface area contributed by atoms with Crippen LogP contribution in [0.4, 0.5) is 0 Å². The molecular formula is C26H38O8. The third kappa shape index (κ3) is 3.35. The second-order valence-corrected chi connectivity index (χ2v) is 11.8. The number of ether oxygens (including phenoxy) is 3. The van der Waals surface area contributed by atoms with Crippen molar-refractivity contribution in [3.8, 4) is 0 Å². The topological polar surface area (TPSA) is 119 Å². The van der Waals surface area contributed by atoms with Gasteiger partial charge in [0.2, 0.25) is 0 Å². The number of carbonyl (C=O) groups is 3. The van der Waals surface area contributed by atoms with Gasteiger partial charge in [-0.2, -0.15) is 0 Å². The summed E-state index contributed by atoms with van der Waals surface area (Å²) in [5.74, 6) is -2.15. The van der Waals surface area contributed by atoms with Crippen LogP contribution in [-0.2, 0) is 28.6 Å². The maximum atomic E-state index is 12.3. The van der Waals surface area contributed by atoms with E-state index in [1.54, 1.807) is 0 Å². The number of hydrogen-bond donors (Lipinski definition) is 2. The molecule has 4 rings (SSSR count). The average Bonchev–Trinajstić information content (AvgIpc) is 2.89. The first kappa shape index (κ1) is 25.2. The highest BCUT2D eigenvalue weighted by Crippen LogP contribution is 2.73. The van der Waals surface area contributed by atoms with Crippen molar-refractivity contribution >= 4 is 17.9 Å². The predicted octanol–water partition coefficient (Wildman–Crippen LogP) is 2.54. The zero-order chi connectivity index (χ0) is 25.4. The van der Waals surface area contributed by atoms with E-state index in [0.717, 1.165) is 0 Å². The lowest BCUT2D eigenvalue weighted by Gasteiger charge is -2.68. The van der Waals surface area contributed by atoms with Crippen LogP contribution in [0.1, 0.15) is 67.2 Å². The van der Waals surface area contributed by atoms with E-state index in [9.17, 15) is 24.6 Å². The average molecular weight is 479 g/mol. The van der Waals surface area contributed by atoms with Gasteiger partial charge in [-0.3, -0.25) is 14.4 Å². The van der Waals surface area contributed by atoms with Crippen molar-refractivity contribution in [1.82, 2.24) is 0 Å². The molecule has 1 spiro atoms. The quantitative estimate of drug-likeness (QED) is 0.361. The van der Waals surface area contributed by atoms with Crippen LogP contribution in [0.25, 0.3) is 0 Å². The van der Waals surface area contributed by atoms with Crippen molar-refractivity contribution in [2.75, 3.05) is 0 Å². The lowest BCUT2D eigenvalue weighted by atomic mass is 9.38. The van der Waals surface area contributed by atoms with Gasteiger partial charge in [0.25, 0.3) is 0 Å². The van der Waals surface area contributed by atoms with Crippen LogP contribution >= 0.6 is 0 Å². The van der Waals surface area contributed by atoms with Crippen molar-refractivity contribution in [2.45, 2.75) is 97.7 Å². The summed E-state index contributed by atoms with van der Waals surface area (Å²) in [5, 5.41) is 22.8. The van der Waals surface area contributed by atoms with Crippen LogP contribution in [-0.4, -0.2) is 58.6 Å². The molecule has 4 aliphatic carbocycles. The number of carbonyl (C=O) groups excluding carboxylic acids is 3. The number of rotatable bonds is 3. The van der Waals surface area contributed by atoms with E-state index in [1.807, 2.05) is 20.8 Å². The molecule has 8 heteroatoms. The summed E-state index contributed by atoms with van der Waals surface area (Å²) in [7, 11) is 0. The minimum atomic E-state index is -0.960. The van der Waals surface area contributed by atoms with Gasteiger partial charge >= 0.3 is 17.9 Å². The first-order valence-electron chi connectivity index (χ1n) is 12.2. The fraction of sp³-hybridized carbons (Fsp3) is 0.808. The second kappa shape index (κ2) is 8.05. The molecule has 0 amide bonds. The number of hydrogen-bond acceptors (Lipinski definition) is 8. The molecule has 190 valence electrons. The van der Waals surface area contributed by atoms with Crippen molar-refractivity contribution in [1.29, 1.82) is 0 Å². The number of fused-ring (bicyclic) bond motifs is 3. The van der Waals surface area contributed by atoms with Gasteiger partial charge < -0.3 is 24.4 Å². The van der Waals surface area contributed by atoms with Crippen LogP contribution in [0.5, 0.6) is 0 Å². The maximum absolute atomic E-state index is 12.3. The summed E-state index contributed by atoms with van der Waals surface area (Å²) < 4.78 is 17.7. The van der Waals surface area contributed by atoms with E-state index in [-0.39, 0.29) is 18.3 Å². The summed E-state index contributed by atoms with van der Waals surface area (Å²) in [4.78, 5) is 36.7. The number of aliphatic hydroxyl groups excluding tert-OH is 2.